The molecule has 2 aliphatic rings. The number of esters is 3. The molecular weight excluding hydrogens is 965 g/mol. The molecule has 0 amide bonds. The minimum Gasteiger partial charge on any atom is -0.456 e. The number of carbonyl (C=O) groups excluding carboxylic acids is 3. The summed E-state index contributed by atoms with van der Waals surface area (Å²) < 4.78 is 63.4. The smallest absolute Gasteiger partial charge is 0.338 e. The molecule has 6 aromatic rings. The molecule has 74 heavy (non-hydrogen) atoms. The van der Waals surface area contributed by atoms with Gasteiger partial charge in [-0.15, -0.1) is 11.8 Å². The van der Waals surface area contributed by atoms with E-state index in [-0.39, 0.29) is 45.2 Å². The van der Waals surface area contributed by atoms with Crippen molar-refractivity contribution in [1.82, 2.24) is 0 Å². The Morgan fingerprint density at radius 1 is 0.459 bits per heavy atom. The zero-order valence-electron chi connectivity index (χ0n) is 41.1. The van der Waals surface area contributed by atoms with E-state index in [0.29, 0.717) is 12.4 Å². The average molecular weight is 1030 g/mol. The van der Waals surface area contributed by atoms with Crippen LogP contribution in [0.15, 0.2) is 182 Å². The molecule has 0 aliphatic carbocycles. The Kier molecular flexibility index (Phi) is 20.8. The van der Waals surface area contributed by atoms with Crippen molar-refractivity contribution >= 4 is 29.7 Å². The summed E-state index contributed by atoms with van der Waals surface area (Å²) in [5, 5.41) is 12.0. The molecule has 0 radical (unpaired) electrons. The molecule has 2 heterocycles. The quantitative estimate of drug-likeness (QED) is 0.0329. The average Bonchev–Trinajstić information content (AvgIpc) is 3.43. The number of aliphatic hydroxyl groups excluding tert-OH is 1. The van der Waals surface area contributed by atoms with Crippen LogP contribution in [-0.4, -0.2) is 103 Å². The molecule has 2 aliphatic heterocycles. The van der Waals surface area contributed by atoms with Gasteiger partial charge in [0, 0.05) is 0 Å². The van der Waals surface area contributed by atoms with Crippen molar-refractivity contribution in [2.75, 3.05) is 19.0 Å². The van der Waals surface area contributed by atoms with Crippen LogP contribution in [0.3, 0.4) is 0 Å². The van der Waals surface area contributed by atoms with Crippen molar-refractivity contribution in [1.29, 1.82) is 0 Å². The van der Waals surface area contributed by atoms with Crippen LogP contribution in [0, 0.1) is 0 Å². The largest absolute Gasteiger partial charge is 0.456 e. The van der Waals surface area contributed by atoms with Crippen LogP contribution in [0.5, 0.6) is 0 Å². The van der Waals surface area contributed by atoms with E-state index in [1.54, 1.807) is 30.3 Å². The Balaban J connectivity index is 1.06. The molecule has 2 fully saturated rings. The highest BCUT2D eigenvalue weighted by atomic mass is 32.2. The van der Waals surface area contributed by atoms with Gasteiger partial charge >= 0.3 is 17.9 Å². The Morgan fingerprint density at radius 2 is 0.878 bits per heavy atom. The molecule has 0 saturated carbocycles. The predicted molar refractivity (Wildman–Crippen MR) is 275 cm³/mol. The maximum Gasteiger partial charge on any atom is 0.338 e. The SMILES string of the molecule is CCS[C@H]1O[C@H](COCc2ccccc2)[C@@H](OCc2ccccc2)[C@H](OC(=O)CC(=O)O[C@H]2[C@H](O)[C@@H](COCc3ccccc3)O[C@H](OCc3ccccc3)[C@@H]2OC(=O)c2ccccc2)[C@@H]1OCc1ccccc1. The van der Waals surface area contributed by atoms with Crippen LogP contribution in [-0.2, 0) is 90.0 Å². The van der Waals surface area contributed by atoms with E-state index in [9.17, 15) is 19.5 Å². The first-order valence-corrected chi connectivity index (χ1v) is 25.8. The number of aliphatic hydroxyl groups is 1. The number of carbonyl (C=O) groups is 3. The molecule has 6 aromatic carbocycles. The normalized spacial score (nSPS) is 23.6. The van der Waals surface area contributed by atoms with E-state index in [1.165, 1.54) is 11.8 Å². The molecule has 10 atom stereocenters. The Morgan fingerprint density at radius 3 is 1.36 bits per heavy atom. The second-order valence-electron chi connectivity index (χ2n) is 17.7. The van der Waals surface area contributed by atoms with Crippen LogP contribution in [0.25, 0.3) is 0 Å². The van der Waals surface area contributed by atoms with Crippen LogP contribution < -0.4 is 0 Å². The Labute approximate surface area is 436 Å². The Bertz CT molecular complexity index is 2580. The van der Waals surface area contributed by atoms with Crippen molar-refractivity contribution in [3.05, 3.63) is 215 Å². The molecule has 0 bridgehead atoms. The first-order chi connectivity index (χ1) is 36.3. The maximum atomic E-state index is 14.4. The van der Waals surface area contributed by atoms with Crippen LogP contribution in [0.2, 0.25) is 0 Å². The van der Waals surface area contributed by atoms with Gasteiger partial charge in [-0.3, -0.25) is 9.59 Å². The van der Waals surface area contributed by atoms with Gasteiger partial charge in [0.05, 0.1) is 51.8 Å². The van der Waals surface area contributed by atoms with Gasteiger partial charge in [0.15, 0.2) is 24.6 Å². The summed E-state index contributed by atoms with van der Waals surface area (Å²) >= 11 is 1.48. The summed E-state index contributed by atoms with van der Waals surface area (Å²) in [5.41, 5.74) is 3.90. The molecule has 0 spiro atoms. The summed E-state index contributed by atoms with van der Waals surface area (Å²) in [6.45, 7) is 2.67. The van der Waals surface area contributed by atoms with Crippen molar-refractivity contribution < 1.29 is 66.9 Å². The first kappa shape index (κ1) is 54.0. The van der Waals surface area contributed by atoms with Gasteiger partial charge in [0.25, 0.3) is 0 Å². The van der Waals surface area contributed by atoms with Gasteiger partial charge in [0.2, 0.25) is 0 Å². The molecule has 0 unspecified atom stereocenters. The zero-order valence-corrected chi connectivity index (χ0v) is 41.9. The number of ether oxygens (including phenoxy) is 10. The molecule has 1 N–H and O–H groups in total. The lowest BCUT2D eigenvalue weighted by atomic mass is 9.98. The lowest BCUT2D eigenvalue weighted by molar-refractivity contribution is -0.307. The third-order valence-corrected chi connectivity index (χ3v) is 13.3. The lowest BCUT2D eigenvalue weighted by Gasteiger charge is -2.45. The predicted octanol–water partition coefficient (Wildman–Crippen LogP) is 8.81. The van der Waals surface area contributed by atoms with Crippen LogP contribution in [0.4, 0.5) is 0 Å². The third kappa shape index (κ3) is 15.9. The van der Waals surface area contributed by atoms with Crippen molar-refractivity contribution in [3.8, 4) is 0 Å². The standard InChI is InChI=1S/C59H62O14S/c1-2-74-59-56(67-37-44-27-15-6-16-28-44)54(52(66-36-43-25-13-5-14-26-43)48(70-59)40-65-35-42-23-11-4-12-24-42)72-50(61)33-49(60)71-53-51(62)47(39-64-34-41-21-9-3-10-22-41)69-58(68-38-45-29-17-7-18-30-45)55(53)73-57(63)46-31-19-8-20-32-46/h3-32,47-48,51-56,58-59,62H,2,33-40H2,1H3/t47-,48-,51-,52-,53+,54+,55-,56+,58+,59-/m1/s1. The number of hydrogen-bond donors (Lipinski definition) is 1. The lowest BCUT2D eigenvalue weighted by Crippen LogP contribution is -2.62. The second kappa shape index (κ2) is 28.4. The molecule has 388 valence electrons. The minimum absolute atomic E-state index is 0.00724. The van der Waals surface area contributed by atoms with Gasteiger partial charge in [0.1, 0.15) is 42.4 Å². The minimum atomic E-state index is -1.62. The monoisotopic (exact) mass is 1030 g/mol. The first-order valence-electron chi connectivity index (χ1n) is 24.8. The van der Waals surface area contributed by atoms with Gasteiger partial charge in [-0.05, 0) is 45.7 Å². The molecule has 0 aromatic heterocycles. The zero-order chi connectivity index (χ0) is 51.3. The number of hydrogen-bond acceptors (Lipinski definition) is 15. The summed E-state index contributed by atoms with van der Waals surface area (Å²) in [7, 11) is 0. The summed E-state index contributed by atoms with van der Waals surface area (Å²) in [6, 6.07) is 55.8. The van der Waals surface area contributed by atoms with E-state index >= 15 is 0 Å². The second-order valence-corrected chi connectivity index (χ2v) is 19.0. The van der Waals surface area contributed by atoms with Gasteiger partial charge in [-0.2, -0.15) is 0 Å². The maximum absolute atomic E-state index is 14.4. The number of benzene rings is 6. The van der Waals surface area contributed by atoms with Gasteiger partial charge in [-0.25, -0.2) is 4.79 Å². The van der Waals surface area contributed by atoms with Crippen molar-refractivity contribution in [2.24, 2.45) is 0 Å². The number of thioether (sulfide) groups is 1. The summed E-state index contributed by atoms with van der Waals surface area (Å²) in [4.78, 5) is 42.5. The molecule has 8 rings (SSSR count). The van der Waals surface area contributed by atoms with Crippen molar-refractivity contribution in [2.45, 2.75) is 107 Å². The fourth-order valence-electron chi connectivity index (χ4n) is 8.54. The fraction of sp³-hybridized carbons (Fsp3) is 0.339. The third-order valence-electron chi connectivity index (χ3n) is 12.2. The van der Waals surface area contributed by atoms with Crippen LogP contribution in [0.1, 0.15) is 51.5 Å². The van der Waals surface area contributed by atoms with Crippen LogP contribution >= 0.6 is 11.8 Å². The molecule has 2 saturated heterocycles. The highest BCUT2D eigenvalue weighted by Gasteiger charge is 2.52. The highest BCUT2D eigenvalue weighted by Crippen LogP contribution is 2.36. The molecular formula is C59H62O14S. The van der Waals surface area contributed by atoms with E-state index < -0.39 is 84.9 Å². The number of rotatable bonds is 25. The molecule has 14 nitrogen and oxygen atoms in total. The highest BCUT2D eigenvalue weighted by molar-refractivity contribution is 7.99. The van der Waals surface area contributed by atoms with E-state index in [4.69, 9.17) is 47.4 Å². The topological polar surface area (TPSA) is 164 Å². The molecule has 15 heteroatoms. The van der Waals surface area contributed by atoms with E-state index in [0.717, 1.165) is 27.8 Å². The summed E-state index contributed by atoms with van der Waals surface area (Å²) in [6.07, 6.45) is -11.9. The summed E-state index contributed by atoms with van der Waals surface area (Å²) in [5.74, 6) is -2.20. The van der Waals surface area contributed by atoms with Crippen molar-refractivity contribution in [3.63, 3.8) is 0 Å². The van der Waals surface area contributed by atoms with E-state index in [2.05, 4.69) is 0 Å². The van der Waals surface area contributed by atoms with Gasteiger partial charge in [-0.1, -0.05) is 177 Å². The van der Waals surface area contributed by atoms with Gasteiger partial charge < -0.3 is 52.5 Å². The Hall–Kier alpha value is -6.24. The van der Waals surface area contributed by atoms with E-state index in [1.807, 2.05) is 159 Å². The fourth-order valence-corrected chi connectivity index (χ4v) is 9.51.